The number of allylic oxidation sites excluding steroid dienone is 1. The molecule has 4 aromatic rings. The number of carbonyl (C=O) groups is 1. The van der Waals surface area contributed by atoms with Gasteiger partial charge in [-0.15, -0.1) is 6.58 Å². The summed E-state index contributed by atoms with van der Waals surface area (Å²) in [6.45, 7) is 7.98. The SMILES string of the molecule is C=CCc1ccc(OCCn2c(C3CC(=O)N(c4ccc(OCC)cc4)C3)nc3ccccc32)c(OC)c1. The Kier molecular flexibility index (Phi) is 7.63. The normalized spacial score (nSPS) is 15.2. The summed E-state index contributed by atoms with van der Waals surface area (Å²) in [4.78, 5) is 19.9. The van der Waals surface area contributed by atoms with Crippen LogP contribution in [0, 0.1) is 0 Å². The van der Waals surface area contributed by atoms with Gasteiger partial charge in [-0.3, -0.25) is 4.79 Å². The van der Waals surface area contributed by atoms with Gasteiger partial charge in [0.25, 0.3) is 0 Å². The van der Waals surface area contributed by atoms with E-state index in [1.807, 2.05) is 78.6 Å². The number of fused-ring (bicyclic) bond motifs is 1. The molecule has 1 aromatic heterocycles. The number of rotatable bonds is 11. The molecule has 1 amide bonds. The lowest BCUT2D eigenvalue weighted by Gasteiger charge is -2.18. The fourth-order valence-electron chi connectivity index (χ4n) is 5.03. The number of imidazole rings is 1. The highest BCUT2D eigenvalue weighted by atomic mass is 16.5. The number of hydrogen-bond donors (Lipinski definition) is 0. The molecule has 1 unspecified atom stereocenters. The van der Waals surface area contributed by atoms with Gasteiger partial charge in [0, 0.05) is 24.6 Å². The molecule has 1 fully saturated rings. The maximum atomic E-state index is 13.1. The Morgan fingerprint density at radius 2 is 1.87 bits per heavy atom. The maximum absolute atomic E-state index is 13.1. The van der Waals surface area contributed by atoms with E-state index in [1.54, 1.807) is 7.11 Å². The molecule has 7 heteroatoms. The Bertz CT molecular complexity index is 1430. The molecule has 0 N–H and O–H groups in total. The van der Waals surface area contributed by atoms with Crippen molar-refractivity contribution in [1.82, 2.24) is 9.55 Å². The minimum atomic E-state index is -0.0193. The average Bonchev–Trinajstić information content (AvgIpc) is 3.50. The second kappa shape index (κ2) is 11.4. The maximum Gasteiger partial charge on any atom is 0.227 e. The van der Waals surface area contributed by atoms with Gasteiger partial charge in [-0.05, 0) is 67.4 Å². The molecule has 3 aromatic carbocycles. The van der Waals surface area contributed by atoms with Gasteiger partial charge < -0.3 is 23.7 Å². The van der Waals surface area contributed by atoms with E-state index in [9.17, 15) is 4.79 Å². The Morgan fingerprint density at radius 1 is 1.05 bits per heavy atom. The third-order valence-corrected chi connectivity index (χ3v) is 6.81. The largest absolute Gasteiger partial charge is 0.494 e. The van der Waals surface area contributed by atoms with Crippen LogP contribution in [0.25, 0.3) is 11.0 Å². The van der Waals surface area contributed by atoms with E-state index < -0.39 is 0 Å². The van der Waals surface area contributed by atoms with Gasteiger partial charge in [0.1, 0.15) is 18.2 Å². The number of ether oxygens (including phenoxy) is 3. The number of methoxy groups -OCH3 is 1. The highest BCUT2D eigenvalue weighted by molar-refractivity contribution is 5.96. The van der Waals surface area contributed by atoms with Gasteiger partial charge in [0.05, 0.1) is 31.3 Å². The van der Waals surface area contributed by atoms with Gasteiger partial charge in [-0.2, -0.15) is 0 Å². The third-order valence-electron chi connectivity index (χ3n) is 6.81. The first kappa shape index (κ1) is 25.4. The van der Waals surface area contributed by atoms with E-state index in [-0.39, 0.29) is 11.8 Å². The summed E-state index contributed by atoms with van der Waals surface area (Å²) in [5.74, 6) is 3.18. The zero-order valence-corrected chi connectivity index (χ0v) is 21.9. The fourth-order valence-corrected chi connectivity index (χ4v) is 5.03. The molecular weight excluding hydrogens is 478 g/mol. The van der Waals surface area contributed by atoms with Crippen molar-refractivity contribution in [2.45, 2.75) is 32.2 Å². The average molecular weight is 512 g/mol. The lowest BCUT2D eigenvalue weighted by atomic mass is 10.1. The van der Waals surface area contributed by atoms with Gasteiger partial charge in [-0.1, -0.05) is 24.3 Å². The fraction of sp³-hybridized carbons (Fsp3) is 0.290. The lowest BCUT2D eigenvalue weighted by Crippen LogP contribution is -2.24. The Labute approximate surface area is 223 Å². The highest BCUT2D eigenvalue weighted by Crippen LogP contribution is 2.34. The van der Waals surface area contributed by atoms with Crippen molar-refractivity contribution in [3.63, 3.8) is 0 Å². The smallest absolute Gasteiger partial charge is 0.227 e. The van der Waals surface area contributed by atoms with Crippen LogP contribution in [0.15, 0.2) is 79.4 Å². The van der Waals surface area contributed by atoms with Crippen molar-refractivity contribution in [3.05, 3.63) is 90.8 Å². The van der Waals surface area contributed by atoms with Crippen LogP contribution < -0.4 is 19.1 Å². The molecule has 1 aliphatic rings. The summed E-state index contributed by atoms with van der Waals surface area (Å²) < 4.78 is 19.4. The highest BCUT2D eigenvalue weighted by Gasteiger charge is 2.34. The number of carbonyl (C=O) groups excluding carboxylic acids is 1. The van der Waals surface area contributed by atoms with Crippen molar-refractivity contribution >= 4 is 22.6 Å². The molecule has 1 aliphatic heterocycles. The van der Waals surface area contributed by atoms with Crippen molar-refractivity contribution in [2.75, 3.05) is 31.8 Å². The molecule has 5 rings (SSSR count). The lowest BCUT2D eigenvalue weighted by molar-refractivity contribution is -0.117. The topological polar surface area (TPSA) is 65.8 Å². The predicted octanol–water partition coefficient (Wildman–Crippen LogP) is 5.77. The summed E-state index contributed by atoms with van der Waals surface area (Å²) in [6, 6.07) is 21.7. The van der Waals surface area contributed by atoms with Crippen LogP contribution >= 0.6 is 0 Å². The molecule has 1 saturated heterocycles. The minimum absolute atomic E-state index is 0.0193. The number of aromatic nitrogens is 2. The number of para-hydroxylation sites is 2. The van der Waals surface area contributed by atoms with E-state index in [0.29, 0.717) is 44.2 Å². The van der Waals surface area contributed by atoms with E-state index in [1.165, 1.54) is 0 Å². The zero-order valence-electron chi connectivity index (χ0n) is 21.9. The molecule has 0 bridgehead atoms. The van der Waals surface area contributed by atoms with Crippen LogP contribution in [-0.2, 0) is 17.8 Å². The summed E-state index contributed by atoms with van der Waals surface area (Å²) in [7, 11) is 1.65. The molecule has 0 radical (unpaired) electrons. The summed E-state index contributed by atoms with van der Waals surface area (Å²) >= 11 is 0. The van der Waals surface area contributed by atoms with E-state index >= 15 is 0 Å². The summed E-state index contributed by atoms with van der Waals surface area (Å²) in [5, 5.41) is 0. The zero-order chi connectivity index (χ0) is 26.5. The Morgan fingerprint density at radius 3 is 2.63 bits per heavy atom. The number of nitrogens with zero attached hydrogens (tertiary/aromatic N) is 3. The number of benzene rings is 3. The first-order valence-corrected chi connectivity index (χ1v) is 13.0. The molecule has 196 valence electrons. The first-order valence-electron chi connectivity index (χ1n) is 13.0. The van der Waals surface area contributed by atoms with Crippen LogP contribution in [0.2, 0.25) is 0 Å². The van der Waals surface area contributed by atoms with Crippen LogP contribution in [0.1, 0.15) is 30.7 Å². The molecule has 0 saturated carbocycles. The second-order valence-electron chi connectivity index (χ2n) is 9.27. The van der Waals surface area contributed by atoms with Crippen molar-refractivity contribution < 1.29 is 19.0 Å². The quantitative estimate of drug-likeness (QED) is 0.239. The van der Waals surface area contributed by atoms with Gasteiger partial charge in [0.2, 0.25) is 5.91 Å². The number of hydrogen-bond acceptors (Lipinski definition) is 5. The molecule has 1 atom stereocenters. The molecular formula is C31H33N3O4. The molecule has 0 spiro atoms. The molecule has 7 nitrogen and oxygen atoms in total. The minimum Gasteiger partial charge on any atom is -0.494 e. The van der Waals surface area contributed by atoms with Crippen molar-refractivity contribution in [2.24, 2.45) is 0 Å². The molecule has 0 aliphatic carbocycles. The predicted molar refractivity (Wildman–Crippen MR) is 149 cm³/mol. The van der Waals surface area contributed by atoms with Gasteiger partial charge >= 0.3 is 0 Å². The standard InChI is InChI=1S/C31H33N3O4/c1-4-8-22-11-16-28(29(19-22)36-3)38-18-17-33-27-10-7-6-9-26(27)32-31(33)23-20-30(35)34(21-23)24-12-14-25(15-13-24)37-5-2/h4,6-7,9-16,19,23H,1,5,8,17-18,20-21H2,2-3H3. The van der Waals surface area contributed by atoms with E-state index in [0.717, 1.165) is 40.3 Å². The first-order chi connectivity index (χ1) is 18.6. The van der Waals surface area contributed by atoms with Gasteiger partial charge in [-0.25, -0.2) is 4.98 Å². The summed E-state index contributed by atoms with van der Waals surface area (Å²) in [5.41, 5.74) is 3.95. The summed E-state index contributed by atoms with van der Waals surface area (Å²) in [6.07, 6.45) is 3.05. The number of amides is 1. The van der Waals surface area contributed by atoms with Gasteiger partial charge in [0.15, 0.2) is 11.5 Å². The van der Waals surface area contributed by atoms with E-state index in [2.05, 4.69) is 17.2 Å². The Balaban J connectivity index is 1.35. The van der Waals surface area contributed by atoms with E-state index in [4.69, 9.17) is 19.2 Å². The third kappa shape index (κ3) is 5.23. The molecule has 2 heterocycles. The van der Waals surface area contributed by atoms with Crippen molar-refractivity contribution in [1.29, 1.82) is 0 Å². The number of anilines is 1. The van der Waals surface area contributed by atoms with Crippen LogP contribution in [0.4, 0.5) is 5.69 Å². The van der Waals surface area contributed by atoms with Crippen LogP contribution in [0.3, 0.4) is 0 Å². The Hall–Kier alpha value is -4.26. The van der Waals surface area contributed by atoms with Crippen LogP contribution in [-0.4, -0.2) is 42.3 Å². The molecule has 38 heavy (non-hydrogen) atoms. The van der Waals surface area contributed by atoms with Crippen LogP contribution in [0.5, 0.6) is 17.2 Å². The van der Waals surface area contributed by atoms with Crippen molar-refractivity contribution in [3.8, 4) is 17.2 Å². The second-order valence-corrected chi connectivity index (χ2v) is 9.27. The monoisotopic (exact) mass is 511 g/mol.